The fourth-order valence-electron chi connectivity index (χ4n) is 1.94. The van der Waals surface area contributed by atoms with Gasteiger partial charge in [0.25, 0.3) is 0 Å². The number of carboxylic acid groups (broad SMARTS) is 1. The van der Waals surface area contributed by atoms with E-state index in [2.05, 4.69) is 27.3 Å². The van der Waals surface area contributed by atoms with Crippen LogP contribution in [-0.4, -0.2) is 23.6 Å². The van der Waals surface area contributed by atoms with Gasteiger partial charge in [-0.25, -0.2) is 4.79 Å². The van der Waals surface area contributed by atoms with Gasteiger partial charge in [0.05, 0.1) is 3.79 Å². The summed E-state index contributed by atoms with van der Waals surface area (Å²) < 4.78 is 6.17. The predicted octanol–water partition coefficient (Wildman–Crippen LogP) is 3.94. The van der Waals surface area contributed by atoms with E-state index >= 15 is 0 Å². The smallest absolute Gasteiger partial charge is 0.341 e. The van der Waals surface area contributed by atoms with Gasteiger partial charge in [0, 0.05) is 23.1 Å². The van der Waals surface area contributed by atoms with Crippen LogP contribution in [0.1, 0.15) is 17.7 Å². The molecule has 0 aliphatic heterocycles. The Morgan fingerprint density at radius 3 is 2.78 bits per heavy atom. The van der Waals surface area contributed by atoms with Crippen LogP contribution < -0.4 is 10.1 Å². The van der Waals surface area contributed by atoms with Crippen LogP contribution in [0, 0.1) is 0 Å². The standard InChI is InChI=1S/C16H16BrNO4S/c17-14-8-7-13(23-14)5-2-6-15(19)18-11-3-1-4-12(9-11)22-10-16(20)21/h1,3-4,7-9H,2,5-6,10H2,(H,18,19)(H,20,21). The van der Waals surface area contributed by atoms with Gasteiger partial charge in [-0.1, -0.05) is 6.07 Å². The fourth-order valence-corrected chi connectivity index (χ4v) is 3.47. The minimum atomic E-state index is -1.04. The first-order valence-corrected chi connectivity index (χ1v) is 8.62. The maximum Gasteiger partial charge on any atom is 0.341 e. The van der Waals surface area contributed by atoms with E-state index in [4.69, 9.17) is 9.84 Å². The fraction of sp³-hybridized carbons (Fsp3) is 0.250. The predicted molar refractivity (Wildman–Crippen MR) is 93.2 cm³/mol. The Balaban J connectivity index is 1.78. The first kappa shape index (κ1) is 17.5. The molecule has 0 spiro atoms. The van der Waals surface area contributed by atoms with Crippen LogP contribution in [0.15, 0.2) is 40.2 Å². The highest BCUT2D eigenvalue weighted by atomic mass is 79.9. The third-order valence-electron chi connectivity index (χ3n) is 2.94. The first-order valence-electron chi connectivity index (χ1n) is 7.01. The van der Waals surface area contributed by atoms with E-state index in [-0.39, 0.29) is 5.91 Å². The molecule has 122 valence electrons. The van der Waals surface area contributed by atoms with Crippen LogP contribution in [0.5, 0.6) is 5.75 Å². The van der Waals surface area contributed by atoms with Gasteiger partial charge in [-0.15, -0.1) is 11.3 Å². The number of halogens is 1. The Hall–Kier alpha value is -1.86. The van der Waals surface area contributed by atoms with Crippen molar-refractivity contribution >= 4 is 44.8 Å². The summed E-state index contributed by atoms with van der Waals surface area (Å²) in [6.07, 6.45) is 2.06. The summed E-state index contributed by atoms with van der Waals surface area (Å²) in [7, 11) is 0. The number of aliphatic carboxylic acids is 1. The number of amides is 1. The van der Waals surface area contributed by atoms with Crippen LogP contribution in [0.3, 0.4) is 0 Å². The molecule has 0 aliphatic rings. The SMILES string of the molecule is O=C(O)COc1cccc(NC(=O)CCCc2ccc(Br)s2)c1. The summed E-state index contributed by atoms with van der Waals surface area (Å²) in [5.74, 6) is -0.704. The molecule has 5 nitrogen and oxygen atoms in total. The van der Waals surface area contributed by atoms with E-state index in [0.717, 1.165) is 16.6 Å². The number of rotatable bonds is 8. The summed E-state index contributed by atoms with van der Waals surface area (Å²) in [6, 6.07) is 10.8. The zero-order valence-electron chi connectivity index (χ0n) is 12.3. The molecule has 0 saturated carbocycles. The second kappa shape index (κ2) is 8.69. The van der Waals surface area contributed by atoms with Gasteiger partial charge >= 0.3 is 5.97 Å². The number of carbonyl (C=O) groups is 2. The summed E-state index contributed by atoms with van der Waals surface area (Å²) in [5, 5.41) is 11.4. The van der Waals surface area contributed by atoms with Crippen molar-refractivity contribution in [1.82, 2.24) is 0 Å². The molecule has 2 N–H and O–H groups in total. The van der Waals surface area contributed by atoms with Gasteiger partial charge in [0.2, 0.25) is 5.91 Å². The number of benzene rings is 1. The number of anilines is 1. The Morgan fingerprint density at radius 1 is 1.26 bits per heavy atom. The van der Waals surface area contributed by atoms with Crippen molar-refractivity contribution in [2.75, 3.05) is 11.9 Å². The topological polar surface area (TPSA) is 75.6 Å². The summed E-state index contributed by atoms with van der Waals surface area (Å²) in [4.78, 5) is 23.7. The van der Waals surface area contributed by atoms with Crippen molar-refractivity contribution in [3.8, 4) is 5.75 Å². The van der Waals surface area contributed by atoms with Crippen LogP contribution >= 0.6 is 27.3 Å². The van der Waals surface area contributed by atoms with E-state index in [9.17, 15) is 9.59 Å². The van der Waals surface area contributed by atoms with Gasteiger partial charge in [0.1, 0.15) is 5.75 Å². The molecule has 2 aromatic rings. The van der Waals surface area contributed by atoms with E-state index in [0.29, 0.717) is 17.9 Å². The van der Waals surface area contributed by atoms with Crippen LogP contribution in [0.25, 0.3) is 0 Å². The van der Waals surface area contributed by atoms with Crippen molar-refractivity contribution in [3.63, 3.8) is 0 Å². The molecule has 1 aromatic carbocycles. The zero-order chi connectivity index (χ0) is 16.7. The molecule has 0 atom stereocenters. The number of carboxylic acids is 1. The molecule has 0 bridgehead atoms. The minimum Gasteiger partial charge on any atom is -0.482 e. The zero-order valence-corrected chi connectivity index (χ0v) is 14.7. The Morgan fingerprint density at radius 2 is 2.09 bits per heavy atom. The molecule has 0 aliphatic carbocycles. The summed E-state index contributed by atoms with van der Waals surface area (Å²) in [6.45, 7) is -0.409. The van der Waals surface area contributed by atoms with E-state index < -0.39 is 12.6 Å². The average molecular weight is 398 g/mol. The largest absolute Gasteiger partial charge is 0.482 e. The molecule has 2 rings (SSSR count). The second-order valence-electron chi connectivity index (χ2n) is 4.82. The van der Waals surface area contributed by atoms with Crippen LogP contribution in [0.2, 0.25) is 0 Å². The first-order chi connectivity index (χ1) is 11.0. The normalized spacial score (nSPS) is 10.3. The van der Waals surface area contributed by atoms with Gasteiger partial charge < -0.3 is 15.2 Å². The van der Waals surface area contributed by atoms with Crippen LogP contribution in [0.4, 0.5) is 5.69 Å². The van der Waals surface area contributed by atoms with Crippen molar-refractivity contribution in [2.45, 2.75) is 19.3 Å². The van der Waals surface area contributed by atoms with Gasteiger partial charge in [-0.2, -0.15) is 0 Å². The lowest BCUT2D eigenvalue weighted by Gasteiger charge is -2.08. The monoisotopic (exact) mass is 397 g/mol. The maximum atomic E-state index is 11.9. The maximum absolute atomic E-state index is 11.9. The van der Waals surface area contributed by atoms with Gasteiger partial charge in [0.15, 0.2) is 6.61 Å². The molecule has 0 unspecified atom stereocenters. The molecule has 1 aromatic heterocycles. The quantitative estimate of drug-likeness (QED) is 0.707. The number of hydrogen-bond donors (Lipinski definition) is 2. The van der Waals surface area contributed by atoms with E-state index in [1.807, 2.05) is 6.07 Å². The molecule has 1 amide bonds. The van der Waals surface area contributed by atoms with Crippen LogP contribution in [-0.2, 0) is 16.0 Å². The van der Waals surface area contributed by atoms with Crippen molar-refractivity contribution in [2.24, 2.45) is 0 Å². The second-order valence-corrected chi connectivity index (χ2v) is 7.37. The highest BCUT2D eigenvalue weighted by Crippen LogP contribution is 2.23. The number of carbonyl (C=O) groups excluding carboxylic acids is 1. The van der Waals surface area contributed by atoms with E-state index in [1.54, 1.807) is 35.6 Å². The van der Waals surface area contributed by atoms with Gasteiger partial charge in [-0.05, 0) is 53.0 Å². The van der Waals surface area contributed by atoms with Gasteiger partial charge in [-0.3, -0.25) is 4.79 Å². The number of nitrogens with one attached hydrogen (secondary N) is 1. The number of ether oxygens (including phenoxy) is 1. The summed E-state index contributed by atoms with van der Waals surface area (Å²) >= 11 is 5.09. The molecule has 0 saturated heterocycles. The number of aryl methyl sites for hydroxylation is 1. The minimum absolute atomic E-state index is 0.0731. The number of thiophene rings is 1. The average Bonchev–Trinajstić information content (AvgIpc) is 2.91. The van der Waals surface area contributed by atoms with Crippen molar-refractivity contribution in [1.29, 1.82) is 0 Å². The lowest BCUT2D eigenvalue weighted by Crippen LogP contribution is -2.12. The highest BCUT2D eigenvalue weighted by Gasteiger charge is 2.06. The third-order valence-corrected chi connectivity index (χ3v) is 4.62. The number of hydrogen-bond acceptors (Lipinski definition) is 4. The van der Waals surface area contributed by atoms with E-state index in [1.165, 1.54) is 4.88 Å². The molecule has 0 radical (unpaired) electrons. The molecular formula is C16H16BrNO4S. The lowest BCUT2D eigenvalue weighted by atomic mass is 10.2. The summed E-state index contributed by atoms with van der Waals surface area (Å²) in [5.41, 5.74) is 0.594. The molecule has 0 fully saturated rings. The Bertz CT molecular complexity index is 686. The third kappa shape index (κ3) is 6.42. The molecule has 1 heterocycles. The van der Waals surface area contributed by atoms with Crippen molar-refractivity contribution in [3.05, 3.63) is 45.1 Å². The molecule has 23 heavy (non-hydrogen) atoms. The lowest BCUT2D eigenvalue weighted by molar-refractivity contribution is -0.139. The molecule has 7 heteroatoms. The van der Waals surface area contributed by atoms with Crippen molar-refractivity contribution < 1.29 is 19.4 Å². The Kier molecular flexibility index (Phi) is 6.61. The Labute approximate surface area is 146 Å². The molecular weight excluding hydrogens is 382 g/mol. The highest BCUT2D eigenvalue weighted by molar-refractivity contribution is 9.11.